The van der Waals surface area contributed by atoms with Crippen LogP contribution in [0, 0.1) is 5.41 Å². The highest BCUT2D eigenvalue weighted by atomic mass is 32.2. The Morgan fingerprint density at radius 1 is 1.17 bits per heavy atom. The molecule has 0 saturated carbocycles. The SMILES string of the molecule is N=C(N)c1ccc(SC2COC2)c2ccccc12. The zero-order chi connectivity index (χ0) is 12.5. The van der Waals surface area contributed by atoms with Crippen LogP contribution >= 0.6 is 11.8 Å². The van der Waals surface area contributed by atoms with Gasteiger partial charge in [-0.15, -0.1) is 11.8 Å². The van der Waals surface area contributed by atoms with Crippen molar-refractivity contribution in [3.05, 3.63) is 42.0 Å². The van der Waals surface area contributed by atoms with Crippen molar-refractivity contribution in [2.24, 2.45) is 5.73 Å². The first-order valence-corrected chi connectivity index (χ1v) is 6.74. The Bertz CT molecular complexity index is 608. The fourth-order valence-electron chi connectivity index (χ4n) is 2.07. The Hall–Kier alpha value is -1.52. The summed E-state index contributed by atoms with van der Waals surface area (Å²) in [4.78, 5) is 1.24. The van der Waals surface area contributed by atoms with Crippen molar-refractivity contribution in [1.82, 2.24) is 0 Å². The molecule has 1 saturated heterocycles. The lowest BCUT2D eigenvalue weighted by molar-refractivity contribution is 0.0455. The van der Waals surface area contributed by atoms with E-state index in [9.17, 15) is 0 Å². The topological polar surface area (TPSA) is 59.1 Å². The highest BCUT2D eigenvalue weighted by Gasteiger charge is 2.20. The molecule has 0 unspecified atom stereocenters. The summed E-state index contributed by atoms with van der Waals surface area (Å²) in [6.07, 6.45) is 0. The standard InChI is InChI=1S/C14H14N2OS/c15-14(16)12-5-6-13(18-9-7-17-8-9)11-4-2-1-3-10(11)12/h1-6,9H,7-8H2,(H3,15,16). The molecule has 0 bridgehead atoms. The van der Waals surface area contributed by atoms with Crippen molar-refractivity contribution in [3.8, 4) is 0 Å². The molecule has 0 aliphatic carbocycles. The van der Waals surface area contributed by atoms with Crippen LogP contribution < -0.4 is 5.73 Å². The quantitative estimate of drug-likeness (QED) is 0.657. The van der Waals surface area contributed by atoms with E-state index in [2.05, 4.69) is 12.1 Å². The maximum Gasteiger partial charge on any atom is 0.123 e. The summed E-state index contributed by atoms with van der Waals surface area (Å²) in [5, 5.41) is 10.4. The van der Waals surface area contributed by atoms with E-state index in [0.29, 0.717) is 5.25 Å². The molecule has 1 aliphatic heterocycles. The molecule has 18 heavy (non-hydrogen) atoms. The van der Waals surface area contributed by atoms with Gasteiger partial charge in [-0.1, -0.05) is 24.3 Å². The molecule has 2 aromatic rings. The van der Waals surface area contributed by atoms with Gasteiger partial charge in [-0.05, 0) is 22.9 Å². The maximum atomic E-state index is 7.63. The van der Waals surface area contributed by atoms with Gasteiger partial charge in [0.05, 0.1) is 18.5 Å². The van der Waals surface area contributed by atoms with Gasteiger partial charge in [-0.3, -0.25) is 5.41 Å². The second kappa shape index (κ2) is 4.63. The second-order valence-corrected chi connectivity index (χ2v) is 5.69. The second-order valence-electron chi connectivity index (χ2n) is 4.35. The molecule has 92 valence electrons. The lowest BCUT2D eigenvalue weighted by Crippen LogP contribution is -2.30. The van der Waals surface area contributed by atoms with E-state index in [1.54, 1.807) is 0 Å². The summed E-state index contributed by atoms with van der Waals surface area (Å²) >= 11 is 1.84. The largest absolute Gasteiger partial charge is 0.384 e. The highest BCUT2D eigenvalue weighted by Crippen LogP contribution is 2.34. The molecule has 0 spiro atoms. The minimum absolute atomic E-state index is 0.120. The number of nitrogens with two attached hydrogens (primary N) is 1. The normalized spacial score (nSPS) is 15.6. The van der Waals surface area contributed by atoms with Crippen molar-refractivity contribution in [3.63, 3.8) is 0 Å². The molecule has 3 nitrogen and oxygen atoms in total. The summed E-state index contributed by atoms with van der Waals surface area (Å²) in [7, 11) is 0. The number of thioether (sulfide) groups is 1. The summed E-state index contributed by atoms with van der Waals surface area (Å²) < 4.78 is 5.21. The number of nitrogens with one attached hydrogen (secondary N) is 1. The molecule has 4 heteroatoms. The molecule has 0 aromatic heterocycles. The molecular formula is C14H14N2OS. The molecular weight excluding hydrogens is 244 g/mol. The van der Waals surface area contributed by atoms with Crippen molar-refractivity contribution >= 4 is 28.4 Å². The predicted octanol–water partition coefficient (Wildman–Crippen LogP) is 2.61. The van der Waals surface area contributed by atoms with Crippen LogP contribution in [-0.2, 0) is 4.74 Å². The number of benzene rings is 2. The summed E-state index contributed by atoms with van der Waals surface area (Å²) in [5.74, 6) is 0.120. The number of hydrogen-bond donors (Lipinski definition) is 2. The van der Waals surface area contributed by atoms with E-state index in [0.717, 1.165) is 24.2 Å². The zero-order valence-corrected chi connectivity index (χ0v) is 10.7. The van der Waals surface area contributed by atoms with Gasteiger partial charge in [0.1, 0.15) is 5.84 Å². The summed E-state index contributed by atoms with van der Waals surface area (Å²) in [6, 6.07) is 12.1. The van der Waals surface area contributed by atoms with Gasteiger partial charge < -0.3 is 10.5 Å². The zero-order valence-electron chi connectivity index (χ0n) is 9.85. The van der Waals surface area contributed by atoms with Crippen LogP contribution in [0.3, 0.4) is 0 Å². The number of fused-ring (bicyclic) bond motifs is 1. The molecule has 3 rings (SSSR count). The molecule has 0 radical (unpaired) electrons. The number of nitrogen functional groups attached to an aromatic ring is 1. The van der Waals surface area contributed by atoms with Gasteiger partial charge in [0.2, 0.25) is 0 Å². The third-order valence-electron chi connectivity index (χ3n) is 3.08. The fraction of sp³-hybridized carbons (Fsp3) is 0.214. The maximum absolute atomic E-state index is 7.63. The van der Waals surface area contributed by atoms with Crippen LogP contribution in [0.5, 0.6) is 0 Å². The van der Waals surface area contributed by atoms with Crippen LogP contribution in [0.2, 0.25) is 0 Å². The Morgan fingerprint density at radius 3 is 2.50 bits per heavy atom. The molecule has 1 heterocycles. The van der Waals surface area contributed by atoms with Gasteiger partial charge in [0.25, 0.3) is 0 Å². The Labute approximate surface area is 110 Å². The average molecular weight is 258 g/mol. The van der Waals surface area contributed by atoms with Gasteiger partial charge >= 0.3 is 0 Å². The van der Waals surface area contributed by atoms with Gasteiger partial charge in [0, 0.05) is 10.5 Å². The third kappa shape index (κ3) is 1.98. The first-order valence-electron chi connectivity index (χ1n) is 5.86. The molecule has 0 amide bonds. The smallest absolute Gasteiger partial charge is 0.123 e. The lowest BCUT2D eigenvalue weighted by Gasteiger charge is -2.25. The monoisotopic (exact) mass is 258 g/mol. The minimum atomic E-state index is 0.120. The van der Waals surface area contributed by atoms with Crippen LogP contribution in [-0.4, -0.2) is 24.3 Å². The molecule has 1 fully saturated rings. The van der Waals surface area contributed by atoms with Crippen molar-refractivity contribution in [2.75, 3.05) is 13.2 Å². The van der Waals surface area contributed by atoms with E-state index in [4.69, 9.17) is 15.9 Å². The highest BCUT2D eigenvalue weighted by molar-refractivity contribution is 8.00. The number of ether oxygens (including phenoxy) is 1. The van der Waals surface area contributed by atoms with E-state index in [1.165, 1.54) is 10.3 Å². The van der Waals surface area contributed by atoms with Crippen LogP contribution in [0.1, 0.15) is 5.56 Å². The molecule has 1 aliphatic rings. The molecule has 2 aromatic carbocycles. The first kappa shape index (κ1) is 11.6. The van der Waals surface area contributed by atoms with Crippen LogP contribution in [0.15, 0.2) is 41.3 Å². The van der Waals surface area contributed by atoms with Gasteiger partial charge in [0.15, 0.2) is 0 Å². The van der Waals surface area contributed by atoms with Gasteiger partial charge in [-0.2, -0.15) is 0 Å². The lowest BCUT2D eigenvalue weighted by atomic mass is 10.0. The average Bonchev–Trinajstić information content (AvgIpc) is 2.33. The Kier molecular flexibility index (Phi) is 2.97. The minimum Gasteiger partial charge on any atom is -0.384 e. The van der Waals surface area contributed by atoms with E-state index in [-0.39, 0.29) is 5.84 Å². The third-order valence-corrected chi connectivity index (χ3v) is 4.29. The predicted molar refractivity (Wildman–Crippen MR) is 75.4 cm³/mol. The summed E-state index contributed by atoms with van der Waals surface area (Å²) in [6.45, 7) is 1.65. The number of amidine groups is 1. The van der Waals surface area contributed by atoms with Crippen LogP contribution in [0.25, 0.3) is 10.8 Å². The Balaban J connectivity index is 2.10. The van der Waals surface area contributed by atoms with Crippen LogP contribution in [0.4, 0.5) is 0 Å². The number of hydrogen-bond acceptors (Lipinski definition) is 3. The molecule has 0 atom stereocenters. The van der Waals surface area contributed by atoms with E-state index >= 15 is 0 Å². The van der Waals surface area contributed by atoms with E-state index in [1.807, 2.05) is 36.0 Å². The Morgan fingerprint density at radius 2 is 1.89 bits per heavy atom. The fourth-order valence-corrected chi connectivity index (χ4v) is 3.21. The van der Waals surface area contributed by atoms with Gasteiger partial charge in [-0.25, -0.2) is 0 Å². The first-order chi connectivity index (χ1) is 8.75. The van der Waals surface area contributed by atoms with E-state index < -0.39 is 0 Å². The van der Waals surface area contributed by atoms with Crippen molar-refractivity contribution in [2.45, 2.75) is 10.1 Å². The number of rotatable bonds is 3. The summed E-state index contributed by atoms with van der Waals surface area (Å²) in [5.41, 5.74) is 6.43. The van der Waals surface area contributed by atoms with Crippen molar-refractivity contribution in [1.29, 1.82) is 5.41 Å². The molecule has 3 N–H and O–H groups in total. The van der Waals surface area contributed by atoms with Crippen molar-refractivity contribution < 1.29 is 4.74 Å².